The van der Waals surface area contributed by atoms with Gasteiger partial charge >= 0.3 is 0 Å². The second kappa shape index (κ2) is 4.58. The van der Waals surface area contributed by atoms with Crippen LogP contribution in [-0.2, 0) is 0 Å². The number of rotatable bonds is 2. The number of allylic oxidation sites excluding steroid dienone is 2. The summed E-state index contributed by atoms with van der Waals surface area (Å²) < 4.78 is 0. The first kappa shape index (κ1) is 8.83. The summed E-state index contributed by atoms with van der Waals surface area (Å²) in [6, 6.07) is 0. The maximum Gasteiger partial charge on any atom is -0.0203 e. The van der Waals surface area contributed by atoms with Crippen molar-refractivity contribution in [2.24, 2.45) is 5.92 Å². The van der Waals surface area contributed by atoms with Gasteiger partial charge in [-0.05, 0) is 32.1 Å². The summed E-state index contributed by atoms with van der Waals surface area (Å²) in [6.07, 6.45) is 10.9. The zero-order chi connectivity index (χ0) is 8.10. The molecule has 0 N–H and O–H groups in total. The fourth-order valence-corrected chi connectivity index (χ4v) is 2.20. The molecule has 0 saturated heterocycles. The van der Waals surface area contributed by atoms with E-state index in [1.54, 1.807) is 5.57 Å². The van der Waals surface area contributed by atoms with Gasteiger partial charge in [-0.2, -0.15) is 0 Å². The first-order valence-corrected chi connectivity index (χ1v) is 5.03. The first-order chi connectivity index (χ1) is 5.38. The monoisotopic (exact) mass is 152 g/mol. The van der Waals surface area contributed by atoms with E-state index in [-0.39, 0.29) is 0 Å². The summed E-state index contributed by atoms with van der Waals surface area (Å²) in [7, 11) is 0. The summed E-state index contributed by atoms with van der Waals surface area (Å²) in [5.74, 6) is 0.943. The molecule has 1 fully saturated rings. The van der Waals surface area contributed by atoms with Crippen LogP contribution in [0.15, 0.2) is 11.6 Å². The second-order valence-corrected chi connectivity index (χ2v) is 3.55. The molecule has 0 heterocycles. The lowest BCUT2D eigenvalue weighted by atomic mass is 9.83. The van der Waals surface area contributed by atoms with E-state index in [4.69, 9.17) is 0 Å². The quantitative estimate of drug-likeness (QED) is 0.526. The van der Waals surface area contributed by atoms with E-state index in [0.717, 1.165) is 5.92 Å². The van der Waals surface area contributed by atoms with E-state index in [1.807, 2.05) is 0 Å². The maximum atomic E-state index is 2.33. The van der Waals surface area contributed by atoms with E-state index in [0.29, 0.717) is 0 Å². The van der Waals surface area contributed by atoms with Crippen LogP contribution in [0.25, 0.3) is 0 Å². The zero-order valence-corrected chi connectivity index (χ0v) is 7.90. The standard InChI is InChI=1S/C11H20/c1-3-10(4-2)11-8-6-5-7-9-11/h3,11H,4-9H2,1-2H3/b10-3+. The predicted molar refractivity (Wildman–Crippen MR) is 50.6 cm³/mol. The molecule has 0 aromatic rings. The predicted octanol–water partition coefficient (Wildman–Crippen LogP) is 3.92. The number of hydrogen-bond donors (Lipinski definition) is 0. The van der Waals surface area contributed by atoms with Crippen molar-refractivity contribution in [3.8, 4) is 0 Å². The highest BCUT2D eigenvalue weighted by Crippen LogP contribution is 2.30. The molecular formula is C11H20. The molecule has 0 amide bonds. The molecule has 1 rings (SSSR count). The van der Waals surface area contributed by atoms with Crippen LogP contribution in [0.3, 0.4) is 0 Å². The molecule has 11 heavy (non-hydrogen) atoms. The lowest BCUT2D eigenvalue weighted by molar-refractivity contribution is 0.396. The molecule has 0 aliphatic heterocycles. The highest BCUT2D eigenvalue weighted by atomic mass is 14.2. The van der Waals surface area contributed by atoms with Gasteiger partial charge in [0.2, 0.25) is 0 Å². The minimum absolute atomic E-state index is 0.943. The van der Waals surface area contributed by atoms with Crippen LogP contribution >= 0.6 is 0 Å². The van der Waals surface area contributed by atoms with E-state index in [1.165, 1.54) is 38.5 Å². The van der Waals surface area contributed by atoms with Gasteiger partial charge in [0.25, 0.3) is 0 Å². The van der Waals surface area contributed by atoms with Crippen molar-refractivity contribution in [1.82, 2.24) is 0 Å². The van der Waals surface area contributed by atoms with E-state index in [2.05, 4.69) is 19.9 Å². The molecule has 0 unspecified atom stereocenters. The smallest absolute Gasteiger partial charge is 0.0203 e. The van der Waals surface area contributed by atoms with Crippen LogP contribution in [0.1, 0.15) is 52.4 Å². The lowest BCUT2D eigenvalue weighted by Gasteiger charge is -2.23. The van der Waals surface area contributed by atoms with Crippen molar-refractivity contribution in [2.75, 3.05) is 0 Å². The van der Waals surface area contributed by atoms with Gasteiger partial charge in [0.05, 0.1) is 0 Å². The molecule has 0 nitrogen and oxygen atoms in total. The van der Waals surface area contributed by atoms with Crippen molar-refractivity contribution < 1.29 is 0 Å². The summed E-state index contributed by atoms with van der Waals surface area (Å²) in [5, 5.41) is 0. The summed E-state index contributed by atoms with van der Waals surface area (Å²) in [4.78, 5) is 0. The Balaban J connectivity index is 2.43. The van der Waals surface area contributed by atoms with Gasteiger partial charge in [-0.1, -0.05) is 37.8 Å². The molecule has 1 aliphatic carbocycles. The van der Waals surface area contributed by atoms with Gasteiger partial charge in [0, 0.05) is 0 Å². The van der Waals surface area contributed by atoms with Crippen molar-refractivity contribution in [1.29, 1.82) is 0 Å². The average molecular weight is 152 g/mol. The van der Waals surface area contributed by atoms with E-state index < -0.39 is 0 Å². The average Bonchev–Trinajstić information content (AvgIpc) is 2.09. The molecule has 0 atom stereocenters. The largest absolute Gasteiger partial charge is 0.0882 e. The van der Waals surface area contributed by atoms with Gasteiger partial charge in [-0.3, -0.25) is 0 Å². The van der Waals surface area contributed by atoms with Crippen LogP contribution < -0.4 is 0 Å². The Labute approximate surface area is 70.7 Å². The number of hydrogen-bond acceptors (Lipinski definition) is 0. The molecular weight excluding hydrogens is 132 g/mol. The van der Waals surface area contributed by atoms with E-state index >= 15 is 0 Å². The molecule has 64 valence electrons. The van der Waals surface area contributed by atoms with Gasteiger partial charge in [0.1, 0.15) is 0 Å². The minimum Gasteiger partial charge on any atom is -0.0882 e. The van der Waals surface area contributed by atoms with Crippen LogP contribution in [0.2, 0.25) is 0 Å². The fourth-order valence-electron chi connectivity index (χ4n) is 2.20. The third kappa shape index (κ3) is 2.36. The van der Waals surface area contributed by atoms with Crippen LogP contribution in [-0.4, -0.2) is 0 Å². The Kier molecular flexibility index (Phi) is 3.68. The van der Waals surface area contributed by atoms with Crippen LogP contribution in [0, 0.1) is 5.92 Å². The molecule has 0 aromatic heterocycles. The Morgan fingerprint density at radius 2 is 1.91 bits per heavy atom. The fraction of sp³-hybridized carbons (Fsp3) is 0.818. The van der Waals surface area contributed by atoms with Crippen molar-refractivity contribution in [3.05, 3.63) is 11.6 Å². The van der Waals surface area contributed by atoms with Crippen LogP contribution in [0.5, 0.6) is 0 Å². The molecule has 0 bridgehead atoms. The van der Waals surface area contributed by atoms with Crippen LogP contribution in [0.4, 0.5) is 0 Å². The van der Waals surface area contributed by atoms with E-state index in [9.17, 15) is 0 Å². The third-order valence-electron chi connectivity index (χ3n) is 2.91. The molecule has 0 radical (unpaired) electrons. The molecule has 0 heteroatoms. The van der Waals surface area contributed by atoms with Crippen molar-refractivity contribution in [2.45, 2.75) is 52.4 Å². The molecule has 0 spiro atoms. The van der Waals surface area contributed by atoms with Crippen molar-refractivity contribution in [3.63, 3.8) is 0 Å². The lowest BCUT2D eigenvalue weighted by Crippen LogP contribution is -2.08. The Morgan fingerprint density at radius 1 is 1.27 bits per heavy atom. The Bertz CT molecular complexity index is 127. The zero-order valence-electron chi connectivity index (χ0n) is 7.90. The minimum atomic E-state index is 0.943. The highest BCUT2D eigenvalue weighted by molar-refractivity contribution is 5.05. The second-order valence-electron chi connectivity index (χ2n) is 3.55. The normalized spacial score (nSPS) is 22.2. The Morgan fingerprint density at radius 3 is 2.36 bits per heavy atom. The summed E-state index contributed by atoms with van der Waals surface area (Å²) in [5.41, 5.74) is 1.70. The summed E-state index contributed by atoms with van der Waals surface area (Å²) in [6.45, 7) is 4.47. The first-order valence-electron chi connectivity index (χ1n) is 5.03. The molecule has 1 saturated carbocycles. The topological polar surface area (TPSA) is 0 Å². The van der Waals surface area contributed by atoms with Gasteiger partial charge in [0.15, 0.2) is 0 Å². The SMILES string of the molecule is C/C=C(\CC)C1CCCCC1. The highest BCUT2D eigenvalue weighted by Gasteiger charge is 2.15. The van der Waals surface area contributed by atoms with Crippen molar-refractivity contribution >= 4 is 0 Å². The van der Waals surface area contributed by atoms with Gasteiger partial charge < -0.3 is 0 Å². The Hall–Kier alpha value is -0.260. The molecule has 0 aromatic carbocycles. The summed E-state index contributed by atoms with van der Waals surface area (Å²) >= 11 is 0. The van der Waals surface area contributed by atoms with Gasteiger partial charge in [-0.15, -0.1) is 0 Å². The third-order valence-corrected chi connectivity index (χ3v) is 2.91. The molecule has 1 aliphatic rings. The maximum absolute atomic E-state index is 2.33. The van der Waals surface area contributed by atoms with Gasteiger partial charge in [-0.25, -0.2) is 0 Å².